The number of rotatable bonds is 1. The molecule has 0 aliphatic carbocycles. The maximum Gasteiger partial charge on any atom is 0.262 e. The Kier molecular flexibility index (Phi) is 7.65. The Balaban J connectivity index is 0. The third kappa shape index (κ3) is 9.07. The van der Waals surface area contributed by atoms with Crippen molar-refractivity contribution in [2.45, 2.75) is 0 Å². The molecule has 0 amide bonds. The minimum atomic E-state index is -0.731. The number of hydrogen-bond donors (Lipinski definition) is 1. The van der Waals surface area contributed by atoms with Crippen LogP contribution in [0.15, 0.2) is 0 Å². The van der Waals surface area contributed by atoms with Gasteiger partial charge < -0.3 is 5.41 Å². The summed E-state index contributed by atoms with van der Waals surface area (Å²) in [5.41, 5.74) is 0. The molecule has 0 aromatic carbocycles. The Morgan fingerprint density at radius 1 is 1.83 bits per heavy atom. The predicted molar refractivity (Wildman–Crippen MR) is 26.9 cm³/mol. The minimum absolute atomic E-state index is 0. The van der Waals surface area contributed by atoms with Crippen LogP contribution in [0.2, 0.25) is 0 Å². The molecule has 36 valence electrons. The molecule has 1 N–H and O–H groups in total. The summed E-state index contributed by atoms with van der Waals surface area (Å²) in [6.07, 6.45) is 0.543. The van der Waals surface area contributed by atoms with Crippen molar-refractivity contribution >= 4 is 35.5 Å². The first kappa shape index (κ1) is 9.33. The summed E-state index contributed by atoms with van der Waals surface area (Å²) < 4.78 is 0. The van der Waals surface area contributed by atoms with Gasteiger partial charge in [-0.1, -0.05) is 0 Å². The van der Waals surface area contributed by atoms with Crippen LogP contribution in [0.4, 0.5) is 0 Å². The van der Waals surface area contributed by atoms with Gasteiger partial charge in [0.25, 0.3) is 5.24 Å². The molecular weight excluding hydrogens is 125 g/mol. The summed E-state index contributed by atoms with van der Waals surface area (Å²) in [7, 11) is 0. The van der Waals surface area contributed by atoms with Gasteiger partial charge in [0.1, 0.15) is 0 Å². The van der Waals surface area contributed by atoms with Crippen molar-refractivity contribution in [2.24, 2.45) is 0 Å². The van der Waals surface area contributed by atoms with E-state index < -0.39 is 5.24 Å². The molecule has 0 unspecified atom stereocenters. The first-order valence-corrected chi connectivity index (χ1v) is 1.35. The van der Waals surface area contributed by atoms with E-state index in [1.807, 2.05) is 0 Å². The quantitative estimate of drug-likeness (QED) is 0.412. The topological polar surface area (TPSA) is 40.9 Å². The lowest BCUT2D eigenvalue weighted by molar-refractivity contribution is -0.105. The van der Waals surface area contributed by atoms with E-state index in [9.17, 15) is 4.79 Å². The van der Waals surface area contributed by atoms with Crippen molar-refractivity contribution in [3.63, 3.8) is 0 Å². The van der Waals surface area contributed by atoms with Gasteiger partial charge >= 0.3 is 0 Å². The van der Waals surface area contributed by atoms with Crippen LogP contribution in [0.25, 0.3) is 0 Å². The number of carbonyl (C=O) groups is 1. The highest BCUT2D eigenvalue weighted by molar-refractivity contribution is 6.77. The van der Waals surface area contributed by atoms with E-state index in [1.54, 1.807) is 0 Å². The molecule has 0 fully saturated rings. The van der Waals surface area contributed by atoms with Gasteiger partial charge in [-0.2, -0.15) is 0 Å². The molecule has 0 saturated carbocycles. The summed E-state index contributed by atoms with van der Waals surface area (Å²) in [6.45, 7) is 0. The number of hydrogen-bond acceptors (Lipinski definition) is 2. The van der Waals surface area contributed by atoms with Crippen LogP contribution in [0, 0.1) is 5.41 Å². The van der Waals surface area contributed by atoms with Gasteiger partial charge in [0, 0.05) is 0 Å². The maximum atomic E-state index is 9.33. The Labute approximate surface area is 46.4 Å². The summed E-state index contributed by atoms with van der Waals surface area (Å²) in [4.78, 5) is 9.33. The van der Waals surface area contributed by atoms with Gasteiger partial charge in [-0.05, 0) is 11.6 Å². The lowest BCUT2D eigenvalue weighted by Gasteiger charge is -1.57. The first-order valence-electron chi connectivity index (χ1n) is 0.970. The molecule has 0 rings (SSSR count). The van der Waals surface area contributed by atoms with Crippen LogP contribution in [0.3, 0.4) is 0 Å². The molecule has 0 heterocycles. The van der Waals surface area contributed by atoms with Crippen molar-refractivity contribution < 1.29 is 4.79 Å². The van der Waals surface area contributed by atoms with E-state index in [1.165, 1.54) is 0 Å². The average molecular weight is 128 g/mol. The second kappa shape index (κ2) is 4.92. The van der Waals surface area contributed by atoms with Crippen molar-refractivity contribution in [2.75, 3.05) is 0 Å². The summed E-state index contributed by atoms with van der Waals surface area (Å²) in [5.74, 6) is 0. The van der Waals surface area contributed by atoms with E-state index in [-0.39, 0.29) is 12.4 Å². The van der Waals surface area contributed by atoms with Gasteiger partial charge in [-0.15, -0.1) is 12.4 Å². The van der Waals surface area contributed by atoms with E-state index in [0.717, 1.165) is 0 Å². The molecule has 0 spiro atoms. The fourth-order valence-electron chi connectivity index (χ4n) is 0. The molecule has 0 aliphatic heterocycles. The van der Waals surface area contributed by atoms with Crippen molar-refractivity contribution in [1.29, 1.82) is 5.41 Å². The predicted octanol–water partition coefficient (Wildman–Crippen LogP) is 0.823. The Morgan fingerprint density at radius 2 is 2.00 bits per heavy atom. The molecule has 0 aromatic heterocycles. The Hall–Kier alpha value is -0.0800. The maximum absolute atomic E-state index is 9.33. The summed E-state index contributed by atoms with van der Waals surface area (Å²) in [6, 6.07) is 0. The smallest absolute Gasteiger partial charge is 0.262 e. The highest BCUT2D eigenvalue weighted by Gasteiger charge is 1.76. The van der Waals surface area contributed by atoms with E-state index in [4.69, 9.17) is 5.41 Å². The fourth-order valence-corrected chi connectivity index (χ4v) is 0. The number of halogens is 2. The molecule has 0 radical (unpaired) electrons. The zero-order valence-corrected chi connectivity index (χ0v) is 4.34. The van der Waals surface area contributed by atoms with Crippen LogP contribution in [-0.2, 0) is 4.79 Å². The number of carbonyl (C=O) groups excluding carboxylic acids is 1. The molecule has 0 bridgehead atoms. The Bertz CT molecular complexity index is 62.6. The average Bonchev–Trinajstić information content (AvgIpc) is 1.38. The van der Waals surface area contributed by atoms with Crippen LogP contribution in [-0.4, -0.2) is 11.5 Å². The molecule has 4 heteroatoms. The zero-order valence-electron chi connectivity index (χ0n) is 2.77. The van der Waals surface area contributed by atoms with E-state index >= 15 is 0 Å². The molecule has 6 heavy (non-hydrogen) atoms. The normalized spacial score (nSPS) is 5.50. The van der Waals surface area contributed by atoms with Crippen molar-refractivity contribution in [1.82, 2.24) is 0 Å². The standard InChI is InChI=1S/C2H2ClNO.ClH/c3-2(5)1-4;/h1,4H;1H. The van der Waals surface area contributed by atoms with E-state index in [2.05, 4.69) is 11.6 Å². The molecule has 0 aromatic rings. The monoisotopic (exact) mass is 127 g/mol. The highest BCUT2D eigenvalue weighted by atomic mass is 35.5. The second-order valence-corrected chi connectivity index (χ2v) is 0.821. The lowest BCUT2D eigenvalue weighted by Crippen LogP contribution is -1.79. The van der Waals surface area contributed by atoms with Gasteiger partial charge in [-0.3, -0.25) is 4.79 Å². The van der Waals surface area contributed by atoms with Crippen molar-refractivity contribution in [3.05, 3.63) is 0 Å². The highest BCUT2D eigenvalue weighted by Crippen LogP contribution is 1.66. The van der Waals surface area contributed by atoms with Crippen LogP contribution >= 0.6 is 24.0 Å². The van der Waals surface area contributed by atoms with Crippen LogP contribution in [0.1, 0.15) is 0 Å². The van der Waals surface area contributed by atoms with Gasteiger partial charge in [0.15, 0.2) is 0 Å². The van der Waals surface area contributed by atoms with Gasteiger partial charge in [0.05, 0.1) is 6.21 Å². The molecule has 0 saturated heterocycles. The van der Waals surface area contributed by atoms with Crippen LogP contribution < -0.4 is 0 Å². The van der Waals surface area contributed by atoms with Crippen LogP contribution in [0.5, 0.6) is 0 Å². The van der Waals surface area contributed by atoms with Crippen molar-refractivity contribution in [3.8, 4) is 0 Å². The van der Waals surface area contributed by atoms with E-state index in [0.29, 0.717) is 6.21 Å². The van der Waals surface area contributed by atoms with Gasteiger partial charge in [-0.25, -0.2) is 0 Å². The largest absolute Gasteiger partial charge is 0.304 e. The molecule has 2 nitrogen and oxygen atoms in total. The summed E-state index contributed by atoms with van der Waals surface area (Å²) >= 11 is 4.58. The Morgan fingerprint density at radius 3 is 2.00 bits per heavy atom. The lowest BCUT2D eigenvalue weighted by atomic mass is 10.9. The van der Waals surface area contributed by atoms with Gasteiger partial charge in [0.2, 0.25) is 0 Å². The molecule has 0 aliphatic rings. The molecular formula is C2H3Cl2NO. The fraction of sp³-hybridized carbons (Fsp3) is 0. The zero-order chi connectivity index (χ0) is 4.28. The second-order valence-electron chi connectivity index (χ2n) is 0.448. The first-order chi connectivity index (χ1) is 2.27. The third-order valence-corrected chi connectivity index (χ3v) is 0.223. The molecule has 0 atom stereocenters. The third-order valence-electron chi connectivity index (χ3n) is 0.113. The number of nitrogens with one attached hydrogen (secondary N) is 1. The SMILES string of the molecule is Cl.N=CC(=O)Cl. The summed E-state index contributed by atoms with van der Waals surface area (Å²) in [5, 5.41) is 5.32. The minimum Gasteiger partial charge on any atom is -0.304 e.